The number of rotatable bonds is 8. The van der Waals surface area contributed by atoms with E-state index in [1.807, 2.05) is 4.98 Å². The molecule has 0 aliphatic carbocycles. The number of ether oxygens (including phenoxy) is 1. The van der Waals surface area contributed by atoms with Crippen LogP contribution in [0.4, 0.5) is 4.39 Å². The predicted octanol–water partition coefficient (Wildman–Crippen LogP) is -5.54. The van der Waals surface area contributed by atoms with E-state index >= 15 is 4.39 Å². The molecule has 1 aliphatic rings. The number of aromatic amines is 1. The van der Waals surface area contributed by atoms with Gasteiger partial charge in [-0.1, -0.05) is 0 Å². The van der Waals surface area contributed by atoms with Gasteiger partial charge in [0.1, 0.15) is 33.5 Å². The smallest absolute Gasteiger partial charge is 0.386 e. The number of aliphatic hydroxyl groups is 2. The Balaban J connectivity index is 2.40. The number of phosphoric ester groups is 1. The summed E-state index contributed by atoms with van der Waals surface area (Å²) >= 11 is 0. The van der Waals surface area contributed by atoms with Crippen LogP contribution >= 0.6 is 23.5 Å². The van der Waals surface area contributed by atoms with Crippen LogP contribution < -0.4 is 11.2 Å². The first-order valence-electron chi connectivity index (χ1n) is 8.47. The lowest BCUT2D eigenvalue weighted by atomic mass is 9.59. The Labute approximate surface area is 185 Å². The summed E-state index contributed by atoms with van der Waals surface area (Å²) in [5.41, 5.74) is -4.47. The summed E-state index contributed by atoms with van der Waals surface area (Å²) in [6.45, 7) is 0. The normalized spacial score (nSPS) is 32.2. The molecule has 0 aromatic carbocycles. The minimum absolute atomic E-state index is 0.504. The minimum atomic E-state index is -5.94. The van der Waals surface area contributed by atoms with Gasteiger partial charge in [0, 0.05) is 12.3 Å². The molecule has 184 valence electrons. The number of aliphatic hydroxyl groups excluding tert-OH is 2. The molecule has 24 heteroatoms. The number of H-pyrrole nitrogens is 1. The van der Waals surface area contributed by atoms with Gasteiger partial charge in [-0.25, -0.2) is 22.9 Å². The lowest BCUT2D eigenvalue weighted by molar-refractivity contribution is -0.239. The van der Waals surface area contributed by atoms with Gasteiger partial charge in [-0.05, 0) is 0 Å². The minimum Gasteiger partial charge on any atom is -0.386 e. The summed E-state index contributed by atoms with van der Waals surface area (Å²) in [6, 6.07) is 0.810. The molecular formula is C9H17B3FN2O15P3. The molecule has 0 saturated carbocycles. The Hall–Kier alpha value is -0.905. The van der Waals surface area contributed by atoms with Crippen LogP contribution in [0.3, 0.4) is 0 Å². The molecule has 1 fully saturated rings. The van der Waals surface area contributed by atoms with Crippen molar-refractivity contribution in [2.24, 2.45) is 0 Å². The van der Waals surface area contributed by atoms with Crippen LogP contribution in [0, 0.1) is 0 Å². The van der Waals surface area contributed by atoms with E-state index in [4.69, 9.17) is 14.5 Å². The summed E-state index contributed by atoms with van der Waals surface area (Å²) in [5, 5.41) is 17.9. The Morgan fingerprint density at radius 3 is 2.12 bits per heavy atom. The van der Waals surface area contributed by atoms with E-state index in [2.05, 4.69) is 13.1 Å². The summed E-state index contributed by atoms with van der Waals surface area (Å²) < 4.78 is 67.2. The highest BCUT2D eigenvalue weighted by molar-refractivity contribution is 7.66. The van der Waals surface area contributed by atoms with Crippen molar-refractivity contribution >= 4 is 47.0 Å². The van der Waals surface area contributed by atoms with Crippen LogP contribution in [-0.2, 0) is 37.2 Å². The number of nitrogens with zero attached hydrogens (tertiary/aromatic N) is 1. The SMILES string of the molecule is BC(B)(OP(=O)(O)OP(=O)(O)OP(=O)(O)O)[C@@]1(F)O[C@@](B)(n2ccc(=O)[nH]c2=O)[C@H](O)[C@@H]1O. The second-order valence-electron chi connectivity index (χ2n) is 7.36. The maximum atomic E-state index is 15.8. The number of halogens is 1. The van der Waals surface area contributed by atoms with Crippen molar-refractivity contribution in [3.63, 3.8) is 0 Å². The zero-order chi connectivity index (χ0) is 25.8. The molecule has 2 heterocycles. The van der Waals surface area contributed by atoms with E-state index in [0.717, 1.165) is 20.1 Å². The molecule has 0 bridgehead atoms. The molecule has 2 unspecified atom stereocenters. The molecule has 2 rings (SSSR count). The van der Waals surface area contributed by atoms with Gasteiger partial charge in [0.15, 0.2) is 7.85 Å². The third kappa shape index (κ3) is 5.85. The molecule has 17 nitrogen and oxygen atoms in total. The third-order valence-corrected chi connectivity index (χ3v) is 8.48. The van der Waals surface area contributed by atoms with Crippen LogP contribution in [0.25, 0.3) is 0 Å². The molecule has 33 heavy (non-hydrogen) atoms. The zero-order valence-corrected chi connectivity index (χ0v) is 19.5. The lowest BCUT2D eigenvalue weighted by Crippen LogP contribution is -2.60. The second-order valence-corrected chi connectivity index (χ2v) is 11.7. The highest BCUT2D eigenvalue weighted by Crippen LogP contribution is 2.67. The van der Waals surface area contributed by atoms with Crippen LogP contribution in [0.1, 0.15) is 0 Å². The first kappa shape index (κ1) is 28.3. The van der Waals surface area contributed by atoms with E-state index in [1.165, 1.54) is 0 Å². The molecule has 0 radical (unpaired) electrons. The van der Waals surface area contributed by atoms with Crippen LogP contribution in [0.2, 0.25) is 0 Å². The molecule has 7 N–H and O–H groups in total. The van der Waals surface area contributed by atoms with Crippen molar-refractivity contribution in [1.29, 1.82) is 0 Å². The number of nitrogens with one attached hydrogen (secondary N) is 1. The van der Waals surface area contributed by atoms with Crippen molar-refractivity contribution in [3.8, 4) is 0 Å². The topological polar surface area (TPSA) is 264 Å². The molecule has 1 aromatic heterocycles. The van der Waals surface area contributed by atoms with Crippen molar-refractivity contribution in [2.75, 3.05) is 0 Å². The fraction of sp³-hybridized carbons (Fsp3) is 0.556. The van der Waals surface area contributed by atoms with E-state index in [9.17, 15) is 43.3 Å². The quantitative estimate of drug-likeness (QED) is 0.120. The summed E-state index contributed by atoms with van der Waals surface area (Å²) in [7, 11) is -15.3. The van der Waals surface area contributed by atoms with Gasteiger partial charge in [0.25, 0.3) is 11.4 Å². The van der Waals surface area contributed by atoms with E-state index in [-0.39, 0.29) is 0 Å². The Morgan fingerprint density at radius 2 is 1.64 bits per heavy atom. The number of alkyl halides is 1. The van der Waals surface area contributed by atoms with Gasteiger partial charge < -0.3 is 34.5 Å². The fourth-order valence-electron chi connectivity index (χ4n) is 3.00. The Bertz CT molecular complexity index is 1190. The molecule has 0 amide bonds. The van der Waals surface area contributed by atoms with E-state index in [1.54, 1.807) is 0 Å². The summed E-state index contributed by atoms with van der Waals surface area (Å²) in [6.07, 6.45) is -4.04. The number of hydrogen-bond donors (Lipinski definition) is 7. The lowest BCUT2D eigenvalue weighted by Gasteiger charge is -2.40. The van der Waals surface area contributed by atoms with Gasteiger partial charge in [0.05, 0.1) is 5.40 Å². The van der Waals surface area contributed by atoms with Gasteiger partial charge in [-0.2, -0.15) is 8.62 Å². The van der Waals surface area contributed by atoms with Gasteiger partial charge in [-0.15, -0.1) is 0 Å². The maximum absolute atomic E-state index is 15.8. The average molecular weight is 538 g/mol. The van der Waals surface area contributed by atoms with Crippen molar-refractivity contribution in [1.82, 2.24) is 9.55 Å². The highest BCUT2D eigenvalue weighted by atomic mass is 31.3. The number of hydrogen-bond acceptors (Lipinski definition) is 11. The fourth-order valence-corrected chi connectivity index (χ4v) is 6.34. The van der Waals surface area contributed by atoms with Crippen LogP contribution in [-0.4, -0.2) is 86.3 Å². The van der Waals surface area contributed by atoms with Crippen molar-refractivity contribution < 1.29 is 65.8 Å². The average Bonchev–Trinajstić information content (AvgIpc) is 2.72. The standard InChI is InChI=1S/C9H17B3FN2O15P3/c10-8(15-2-1-3(16)14-6(15)19)5(18)4(17)7(13,27-8)9(11,12)28-32(23,24)30-33(25,26)29-31(20,21)22/h1-2,4-5,17-18H,10-12H2,(H,23,24)(H,25,26)(H,14,16,19)(H2,20,21,22)/t4-,5+,7-,8-/m0/s1. The first-order valence-corrected chi connectivity index (χ1v) is 13.0. The molecular weight excluding hydrogens is 520 g/mol. The van der Waals surface area contributed by atoms with Crippen molar-refractivity contribution in [3.05, 3.63) is 33.1 Å². The summed E-state index contributed by atoms with van der Waals surface area (Å²) in [5.74, 6) is -3.64. The van der Waals surface area contributed by atoms with Gasteiger partial charge in [-0.3, -0.25) is 18.9 Å². The molecule has 1 saturated heterocycles. The monoisotopic (exact) mass is 538 g/mol. The second kappa shape index (κ2) is 8.64. The number of aromatic nitrogens is 2. The molecule has 1 aromatic rings. The maximum Gasteiger partial charge on any atom is 0.490 e. The third-order valence-electron chi connectivity index (χ3n) is 4.47. The Morgan fingerprint density at radius 1 is 1.09 bits per heavy atom. The first-order chi connectivity index (χ1) is 14.6. The highest BCUT2D eigenvalue weighted by Gasteiger charge is 2.69. The number of phosphoric acid groups is 3. The molecule has 0 spiro atoms. The predicted molar refractivity (Wildman–Crippen MR) is 110 cm³/mol. The van der Waals surface area contributed by atoms with E-state index in [0.29, 0.717) is 20.3 Å². The molecule has 1 aliphatic heterocycles. The van der Waals surface area contributed by atoms with E-state index < -0.39 is 63.8 Å². The summed E-state index contributed by atoms with van der Waals surface area (Å²) in [4.78, 5) is 61.2. The molecule has 6 atom stereocenters. The zero-order valence-electron chi connectivity index (χ0n) is 16.8. The van der Waals surface area contributed by atoms with Crippen LogP contribution in [0.15, 0.2) is 21.9 Å². The van der Waals surface area contributed by atoms with Gasteiger partial charge in [0.2, 0.25) is 0 Å². The van der Waals surface area contributed by atoms with Crippen molar-refractivity contribution in [2.45, 2.75) is 29.1 Å². The van der Waals surface area contributed by atoms with Gasteiger partial charge >= 0.3 is 29.2 Å². The Kier molecular flexibility index (Phi) is 7.42. The van der Waals surface area contributed by atoms with Crippen LogP contribution in [0.5, 0.6) is 0 Å². The largest absolute Gasteiger partial charge is 0.490 e.